The molecule has 0 atom stereocenters. The molecule has 9 heteroatoms. The Morgan fingerprint density at radius 3 is 2.75 bits per heavy atom. The Morgan fingerprint density at radius 2 is 2.00 bits per heavy atom. The lowest BCUT2D eigenvalue weighted by Crippen LogP contribution is -2.16. The largest absolute Gasteiger partial charge is 0.462 e. The molecule has 1 N–H and O–H groups in total. The van der Waals surface area contributed by atoms with Gasteiger partial charge in [0.15, 0.2) is 0 Å². The molecule has 1 amide bonds. The lowest BCUT2D eigenvalue weighted by Gasteiger charge is -2.10. The van der Waals surface area contributed by atoms with Gasteiger partial charge in [-0.2, -0.15) is 0 Å². The third-order valence-electron chi connectivity index (χ3n) is 5.03. The van der Waals surface area contributed by atoms with Gasteiger partial charge in [0.05, 0.1) is 12.4 Å². The van der Waals surface area contributed by atoms with E-state index in [0.29, 0.717) is 21.2 Å². The molecule has 1 aliphatic rings. The van der Waals surface area contributed by atoms with E-state index < -0.39 is 5.97 Å². The molecule has 6 nitrogen and oxygen atoms in total. The highest BCUT2D eigenvalue weighted by molar-refractivity contribution is 8.00. The Bertz CT molecular complexity index is 1160. The van der Waals surface area contributed by atoms with Gasteiger partial charge in [0.1, 0.15) is 21.4 Å². The average molecular weight is 488 g/mol. The maximum Gasteiger partial charge on any atom is 0.341 e. The van der Waals surface area contributed by atoms with Crippen molar-refractivity contribution in [1.82, 2.24) is 9.97 Å². The minimum absolute atomic E-state index is 0.194. The molecule has 0 radical (unpaired) electrons. The van der Waals surface area contributed by atoms with Crippen molar-refractivity contribution in [2.45, 2.75) is 38.1 Å². The van der Waals surface area contributed by atoms with Gasteiger partial charge in [-0.3, -0.25) is 4.79 Å². The first-order chi connectivity index (χ1) is 15.5. The zero-order chi connectivity index (χ0) is 22.7. The van der Waals surface area contributed by atoms with Gasteiger partial charge in [0.25, 0.3) is 0 Å². The number of amides is 1. The van der Waals surface area contributed by atoms with Gasteiger partial charge in [-0.15, -0.1) is 11.3 Å². The molecule has 166 valence electrons. The molecule has 0 fully saturated rings. The van der Waals surface area contributed by atoms with Gasteiger partial charge >= 0.3 is 5.97 Å². The fraction of sp³-hybridized carbons (Fsp3) is 0.304. The van der Waals surface area contributed by atoms with Crippen molar-refractivity contribution < 1.29 is 14.3 Å². The molecule has 0 bridgehead atoms. The number of rotatable bonds is 7. The number of thioether (sulfide) groups is 1. The van der Waals surface area contributed by atoms with Crippen LogP contribution < -0.4 is 5.32 Å². The molecule has 1 aromatic carbocycles. The van der Waals surface area contributed by atoms with E-state index in [1.165, 1.54) is 23.1 Å². The van der Waals surface area contributed by atoms with Gasteiger partial charge < -0.3 is 10.1 Å². The summed E-state index contributed by atoms with van der Waals surface area (Å²) < 4.78 is 5.26. The number of fused-ring (bicyclic) bond motifs is 1. The van der Waals surface area contributed by atoms with Crippen molar-refractivity contribution in [3.63, 3.8) is 0 Å². The predicted octanol–water partition coefficient (Wildman–Crippen LogP) is 5.56. The number of hydrogen-bond donors (Lipinski definition) is 1. The Kier molecular flexibility index (Phi) is 7.13. The van der Waals surface area contributed by atoms with Crippen LogP contribution in [0.25, 0.3) is 11.1 Å². The number of benzene rings is 1. The van der Waals surface area contributed by atoms with E-state index >= 15 is 0 Å². The van der Waals surface area contributed by atoms with Gasteiger partial charge in [0, 0.05) is 27.2 Å². The number of carbonyl (C=O) groups excluding carboxylic acids is 2. The summed E-state index contributed by atoms with van der Waals surface area (Å²) in [5.74, 6) is 0.252. The standard InChI is InChI=1S/C23H22ClN3O3S2/c1-3-30-23(29)20-17(14-7-9-15(24)10-8-14)11-31-22(20)27-19(28)12-32-21-16-5-4-6-18(16)25-13(2)26-21/h7-11H,3-6,12H2,1-2H3,(H,27,28). The van der Waals surface area contributed by atoms with E-state index in [4.69, 9.17) is 16.3 Å². The van der Waals surface area contributed by atoms with Crippen LogP contribution in [0.3, 0.4) is 0 Å². The average Bonchev–Trinajstić information content (AvgIpc) is 3.40. The number of nitrogens with one attached hydrogen (secondary N) is 1. The summed E-state index contributed by atoms with van der Waals surface area (Å²) in [7, 11) is 0. The summed E-state index contributed by atoms with van der Waals surface area (Å²) in [5, 5.41) is 6.70. The molecule has 0 saturated heterocycles. The minimum Gasteiger partial charge on any atom is -0.462 e. The van der Waals surface area contributed by atoms with E-state index in [2.05, 4.69) is 15.3 Å². The van der Waals surface area contributed by atoms with Gasteiger partial charge in [-0.25, -0.2) is 14.8 Å². The lowest BCUT2D eigenvalue weighted by atomic mass is 10.0. The topological polar surface area (TPSA) is 81.2 Å². The van der Waals surface area contributed by atoms with Crippen LogP contribution in [-0.2, 0) is 22.4 Å². The van der Waals surface area contributed by atoms with Crippen LogP contribution in [0.15, 0.2) is 34.7 Å². The molecule has 3 aromatic rings. The number of ether oxygens (including phenoxy) is 1. The zero-order valence-corrected chi connectivity index (χ0v) is 20.1. The molecule has 1 aliphatic carbocycles. The van der Waals surface area contributed by atoms with Crippen molar-refractivity contribution in [2.24, 2.45) is 0 Å². The lowest BCUT2D eigenvalue weighted by molar-refractivity contribution is -0.113. The van der Waals surface area contributed by atoms with Gasteiger partial charge in [0.2, 0.25) is 5.91 Å². The number of aryl methyl sites for hydroxylation is 2. The number of nitrogens with zero attached hydrogens (tertiary/aromatic N) is 2. The highest BCUT2D eigenvalue weighted by Crippen LogP contribution is 2.37. The summed E-state index contributed by atoms with van der Waals surface area (Å²) in [4.78, 5) is 34.5. The second kappa shape index (κ2) is 10.0. The van der Waals surface area contributed by atoms with E-state index in [-0.39, 0.29) is 18.3 Å². The van der Waals surface area contributed by atoms with Gasteiger partial charge in [-0.05, 0) is 50.8 Å². The van der Waals surface area contributed by atoms with Crippen LogP contribution in [0, 0.1) is 6.92 Å². The van der Waals surface area contributed by atoms with Crippen LogP contribution in [-0.4, -0.2) is 34.2 Å². The molecule has 32 heavy (non-hydrogen) atoms. The van der Waals surface area contributed by atoms with E-state index in [9.17, 15) is 9.59 Å². The van der Waals surface area contributed by atoms with Crippen LogP contribution >= 0.6 is 34.7 Å². The minimum atomic E-state index is -0.467. The second-order valence-electron chi connectivity index (χ2n) is 7.27. The number of thiophene rings is 1. The third-order valence-corrected chi connectivity index (χ3v) is 7.19. The summed E-state index contributed by atoms with van der Waals surface area (Å²) in [6.45, 7) is 3.87. The number of hydrogen-bond acceptors (Lipinski definition) is 7. The molecule has 2 heterocycles. The SMILES string of the molecule is CCOC(=O)c1c(-c2ccc(Cl)cc2)csc1NC(=O)CSc1nc(C)nc2c1CCC2. The van der Waals surface area contributed by atoms with Crippen LogP contribution in [0.4, 0.5) is 5.00 Å². The molecule has 0 saturated carbocycles. The van der Waals surface area contributed by atoms with Crippen molar-refractivity contribution in [3.05, 3.63) is 57.3 Å². The zero-order valence-electron chi connectivity index (χ0n) is 17.7. The van der Waals surface area contributed by atoms with Crippen molar-refractivity contribution in [3.8, 4) is 11.1 Å². The maximum atomic E-state index is 12.8. The van der Waals surface area contributed by atoms with Crippen LogP contribution in [0.5, 0.6) is 0 Å². The quantitative estimate of drug-likeness (QED) is 0.267. The van der Waals surface area contributed by atoms with E-state index in [1.807, 2.05) is 24.4 Å². The summed E-state index contributed by atoms with van der Waals surface area (Å²) in [5.41, 5.74) is 4.14. The number of carbonyl (C=O) groups is 2. The smallest absolute Gasteiger partial charge is 0.341 e. The number of anilines is 1. The first-order valence-corrected chi connectivity index (χ1v) is 12.5. The van der Waals surface area contributed by atoms with Crippen LogP contribution in [0.2, 0.25) is 5.02 Å². The fourth-order valence-electron chi connectivity index (χ4n) is 3.63. The second-order valence-corrected chi connectivity index (χ2v) is 9.55. The van der Waals surface area contributed by atoms with Crippen molar-refractivity contribution in [2.75, 3.05) is 17.7 Å². The van der Waals surface area contributed by atoms with E-state index in [1.54, 1.807) is 19.1 Å². The molecule has 0 aliphatic heterocycles. The van der Waals surface area contributed by atoms with Crippen molar-refractivity contribution >= 4 is 51.6 Å². The Hall–Kier alpha value is -2.42. The summed E-state index contributed by atoms with van der Waals surface area (Å²) in [6.07, 6.45) is 2.98. The highest BCUT2D eigenvalue weighted by Gasteiger charge is 2.24. The Morgan fingerprint density at radius 1 is 1.22 bits per heavy atom. The highest BCUT2D eigenvalue weighted by atomic mass is 35.5. The molecular formula is C23H22ClN3O3S2. The fourth-order valence-corrected chi connectivity index (χ4v) is 5.66. The third kappa shape index (κ3) is 4.98. The number of halogens is 1. The van der Waals surface area contributed by atoms with Crippen LogP contribution in [0.1, 0.15) is 40.8 Å². The first-order valence-electron chi connectivity index (χ1n) is 10.3. The summed E-state index contributed by atoms with van der Waals surface area (Å²) in [6, 6.07) is 7.21. The van der Waals surface area contributed by atoms with Gasteiger partial charge in [-0.1, -0.05) is 35.5 Å². The molecule has 0 spiro atoms. The number of esters is 1. The molecular weight excluding hydrogens is 466 g/mol. The molecule has 0 unspecified atom stereocenters. The monoisotopic (exact) mass is 487 g/mol. The Balaban J connectivity index is 1.53. The van der Waals surface area contributed by atoms with E-state index in [0.717, 1.165) is 46.9 Å². The molecule has 4 rings (SSSR count). The predicted molar refractivity (Wildman–Crippen MR) is 129 cm³/mol. The first kappa shape index (κ1) is 22.8. The Labute approximate surface area is 199 Å². The molecule has 2 aromatic heterocycles. The number of aromatic nitrogens is 2. The maximum absolute atomic E-state index is 12.8. The summed E-state index contributed by atoms with van der Waals surface area (Å²) >= 11 is 8.71. The van der Waals surface area contributed by atoms with Crippen molar-refractivity contribution in [1.29, 1.82) is 0 Å². The normalized spacial score (nSPS) is 12.5.